The van der Waals surface area contributed by atoms with E-state index < -0.39 is 11.9 Å². The van der Waals surface area contributed by atoms with Crippen LogP contribution in [0.15, 0.2) is 60.7 Å². The van der Waals surface area contributed by atoms with E-state index >= 15 is 0 Å². The molecule has 138 valence electrons. The van der Waals surface area contributed by atoms with Gasteiger partial charge >= 0.3 is 5.97 Å². The maximum atomic E-state index is 12.3. The third-order valence-electron chi connectivity index (χ3n) is 3.76. The average Bonchev–Trinajstić information content (AvgIpc) is 2.74. The van der Waals surface area contributed by atoms with Gasteiger partial charge in [0.1, 0.15) is 0 Å². The van der Waals surface area contributed by atoms with Crippen molar-refractivity contribution >= 4 is 29.1 Å². The topological polar surface area (TPSA) is 117 Å². The third kappa shape index (κ3) is 4.28. The summed E-state index contributed by atoms with van der Waals surface area (Å²) in [4.78, 5) is 24.1. The van der Waals surface area contributed by atoms with Gasteiger partial charge in [-0.1, -0.05) is 12.1 Å². The number of aromatic nitrogens is 2. The molecular weight excluding hydrogens is 358 g/mol. The summed E-state index contributed by atoms with van der Waals surface area (Å²) < 4.78 is 4.75. The van der Waals surface area contributed by atoms with E-state index in [-0.39, 0.29) is 5.69 Å². The molecule has 0 saturated heterocycles. The summed E-state index contributed by atoms with van der Waals surface area (Å²) in [5.41, 5.74) is 2.03. The Morgan fingerprint density at radius 2 is 1.75 bits per heavy atom. The number of ether oxygens (including phenoxy) is 1. The van der Waals surface area contributed by atoms with E-state index in [1.807, 2.05) is 6.07 Å². The van der Waals surface area contributed by atoms with Crippen molar-refractivity contribution in [3.63, 3.8) is 0 Å². The summed E-state index contributed by atoms with van der Waals surface area (Å²) in [7, 11) is 1.31. The number of carbonyl (C=O) groups excluding carboxylic acids is 2. The van der Waals surface area contributed by atoms with Crippen LogP contribution in [0.3, 0.4) is 0 Å². The van der Waals surface area contributed by atoms with Crippen LogP contribution in [0.1, 0.15) is 26.4 Å². The summed E-state index contributed by atoms with van der Waals surface area (Å²) in [5.74, 6) is -0.542. The second-order valence-corrected chi connectivity index (χ2v) is 5.61. The molecular formula is C20H15N5O3. The van der Waals surface area contributed by atoms with Gasteiger partial charge in [-0.25, -0.2) is 4.79 Å². The molecule has 0 unspecified atom stereocenters. The molecule has 1 heterocycles. The standard InChI is InChI=1S/C20H15N5O3/c1-28-20(27)15-4-2-3-5-16(15)23-18-11-10-17(24-25-18)19(26)22-14-8-6-13(12-21)7-9-14/h2-11H,1H3,(H,22,26)(H,23,25). The number of nitriles is 1. The first-order valence-electron chi connectivity index (χ1n) is 8.20. The Kier molecular flexibility index (Phi) is 5.58. The maximum Gasteiger partial charge on any atom is 0.339 e. The van der Waals surface area contributed by atoms with Gasteiger partial charge in [-0.15, -0.1) is 10.2 Å². The smallest absolute Gasteiger partial charge is 0.339 e. The van der Waals surface area contributed by atoms with Gasteiger partial charge in [-0.3, -0.25) is 4.79 Å². The monoisotopic (exact) mass is 373 g/mol. The molecule has 1 aromatic heterocycles. The average molecular weight is 373 g/mol. The molecule has 0 aliphatic heterocycles. The van der Waals surface area contributed by atoms with Crippen molar-refractivity contribution in [3.8, 4) is 6.07 Å². The molecule has 2 N–H and O–H groups in total. The summed E-state index contributed by atoms with van der Waals surface area (Å²) in [6, 6.07) is 18.4. The van der Waals surface area contributed by atoms with Crippen LogP contribution in [-0.4, -0.2) is 29.2 Å². The van der Waals surface area contributed by atoms with Gasteiger partial charge in [-0.05, 0) is 48.5 Å². The van der Waals surface area contributed by atoms with E-state index in [4.69, 9.17) is 10.00 Å². The number of esters is 1. The number of carbonyl (C=O) groups is 2. The molecule has 0 fully saturated rings. The van der Waals surface area contributed by atoms with Crippen molar-refractivity contribution in [1.82, 2.24) is 10.2 Å². The van der Waals surface area contributed by atoms with Gasteiger partial charge < -0.3 is 15.4 Å². The molecule has 3 rings (SSSR count). The van der Waals surface area contributed by atoms with Crippen LogP contribution in [-0.2, 0) is 4.74 Å². The van der Waals surface area contributed by atoms with Crippen molar-refractivity contribution in [2.45, 2.75) is 0 Å². The van der Waals surface area contributed by atoms with Crippen molar-refractivity contribution in [2.75, 3.05) is 17.7 Å². The number of methoxy groups -OCH3 is 1. The Morgan fingerprint density at radius 1 is 1.00 bits per heavy atom. The third-order valence-corrected chi connectivity index (χ3v) is 3.76. The second-order valence-electron chi connectivity index (χ2n) is 5.61. The number of benzene rings is 2. The summed E-state index contributed by atoms with van der Waals surface area (Å²) in [5, 5.41) is 22.3. The lowest BCUT2D eigenvalue weighted by atomic mass is 10.2. The number of nitrogens with one attached hydrogen (secondary N) is 2. The van der Waals surface area contributed by atoms with Gasteiger partial charge in [0.15, 0.2) is 11.5 Å². The van der Waals surface area contributed by atoms with Crippen molar-refractivity contribution in [1.29, 1.82) is 5.26 Å². The number of amides is 1. The van der Waals surface area contributed by atoms with E-state index in [9.17, 15) is 9.59 Å². The number of rotatable bonds is 5. The van der Waals surface area contributed by atoms with Crippen LogP contribution < -0.4 is 10.6 Å². The Labute approximate surface area is 160 Å². The highest BCUT2D eigenvalue weighted by Crippen LogP contribution is 2.20. The minimum Gasteiger partial charge on any atom is -0.465 e. The largest absolute Gasteiger partial charge is 0.465 e. The van der Waals surface area contributed by atoms with Crippen LogP contribution in [0, 0.1) is 11.3 Å². The highest BCUT2D eigenvalue weighted by atomic mass is 16.5. The molecule has 28 heavy (non-hydrogen) atoms. The molecule has 0 bridgehead atoms. The highest BCUT2D eigenvalue weighted by molar-refractivity contribution is 6.02. The molecule has 0 saturated carbocycles. The van der Waals surface area contributed by atoms with Gasteiger partial charge in [-0.2, -0.15) is 5.26 Å². The van der Waals surface area contributed by atoms with Crippen LogP contribution in [0.25, 0.3) is 0 Å². The molecule has 8 nitrogen and oxygen atoms in total. The Morgan fingerprint density at radius 3 is 2.39 bits per heavy atom. The van der Waals surface area contributed by atoms with Gasteiger partial charge in [0.05, 0.1) is 30.0 Å². The van der Waals surface area contributed by atoms with E-state index in [1.54, 1.807) is 54.6 Å². The first kappa shape index (κ1) is 18.5. The summed E-state index contributed by atoms with van der Waals surface area (Å²) in [6.07, 6.45) is 0. The van der Waals surface area contributed by atoms with Gasteiger partial charge in [0.2, 0.25) is 0 Å². The fourth-order valence-corrected chi connectivity index (χ4v) is 2.36. The normalized spacial score (nSPS) is 9.86. The molecule has 0 spiro atoms. The zero-order valence-corrected chi connectivity index (χ0v) is 14.8. The number of anilines is 3. The van der Waals surface area contributed by atoms with E-state index in [0.717, 1.165) is 0 Å². The zero-order chi connectivity index (χ0) is 19.9. The molecule has 0 aliphatic carbocycles. The molecule has 0 radical (unpaired) electrons. The van der Waals surface area contributed by atoms with Crippen LogP contribution in [0.5, 0.6) is 0 Å². The zero-order valence-electron chi connectivity index (χ0n) is 14.8. The highest BCUT2D eigenvalue weighted by Gasteiger charge is 2.13. The number of hydrogen-bond donors (Lipinski definition) is 2. The second kappa shape index (κ2) is 8.42. The fourth-order valence-electron chi connectivity index (χ4n) is 2.36. The number of nitrogens with zero attached hydrogens (tertiary/aromatic N) is 3. The molecule has 0 aliphatic rings. The lowest BCUT2D eigenvalue weighted by Crippen LogP contribution is -2.14. The lowest BCUT2D eigenvalue weighted by molar-refractivity contribution is 0.0601. The quantitative estimate of drug-likeness (QED) is 0.660. The van der Waals surface area contributed by atoms with E-state index in [2.05, 4.69) is 20.8 Å². The fraction of sp³-hybridized carbons (Fsp3) is 0.0500. The van der Waals surface area contributed by atoms with Crippen LogP contribution >= 0.6 is 0 Å². The lowest BCUT2D eigenvalue weighted by Gasteiger charge is -2.10. The van der Waals surface area contributed by atoms with Crippen molar-refractivity contribution in [2.24, 2.45) is 0 Å². The predicted octanol–water partition coefficient (Wildman–Crippen LogP) is 3.13. The van der Waals surface area contributed by atoms with E-state index in [0.29, 0.717) is 28.3 Å². The Bertz CT molecular complexity index is 1040. The summed E-state index contributed by atoms with van der Waals surface area (Å²) >= 11 is 0. The van der Waals surface area contributed by atoms with Gasteiger partial charge in [0, 0.05) is 5.69 Å². The predicted molar refractivity (Wildman–Crippen MR) is 102 cm³/mol. The molecule has 1 amide bonds. The van der Waals surface area contributed by atoms with Crippen LogP contribution in [0.4, 0.5) is 17.2 Å². The Balaban J connectivity index is 1.70. The van der Waals surface area contributed by atoms with E-state index in [1.165, 1.54) is 13.2 Å². The first-order valence-corrected chi connectivity index (χ1v) is 8.20. The summed E-state index contributed by atoms with van der Waals surface area (Å²) in [6.45, 7) is 0. The maximum absolute atomic E-state index is 12.3. The Hall–Kier alpha value is -4.25. The van der Waals surface area contributed by atoms with Gasteiger partial charge in [0.25, 0.3) is 5.91 Å². The minimum atomic E-state index is -0.477. The number of para-hydroxylation sites is 1. The van der Waals surface area contributed by atoms with Crippen molar-refractivity contribution in [3.05, 3.63) is 77.5 Å². The van der Waals surface area contributed by atoms with Crippen molar-refractivity contribution < 1.29 is 14.3 Å². The molecule has 3 aromatic rings. The minimum absolute atomic E-state index is 0.121. The molecule has 2 aromatic carbocycles. The number of hydrogen-bond acceptors (Lipinski definition) is 7. The van der Waals surface area contributed by atoms with Crippen LogP contribution in [0.2, 0.25) is 0 Å². The SMILES string of the molecule is COC(=O)c1ccccc1Nc1ccc(C(=O)Nc2ccc(C#N)cc2)nn1. The molecule has 0 atom stereocenters. The first-order chi connectivity index (χ1) is 13.6. The molecule has 8 heteroatoms.